The van der Waals surface area contributed by atoms with Crippen LogP contribution in [0, 0.1) is 0 Å². The van der Waals surface area contributed by atoms with Crippen molar-refractivity contribution in [2.45, 2.75) is 19.3 Å². The molecule has 4 heteroatoms. The fraction of sp³-hybridized carbons (Fsp3) is 0.227. The van der Waals surface area contributed by atoms with E-state index >= 15 is 0 Å². The maximum absolute atomic E-state index is 12.6. The van der Waals surface area contributed by atoms with E-state index in [9.17, 15) is 4.79 Å². The fourth-order valence-electron chi connectivity index (χ4n) is 3.73. The molecule has 1 aliphatic rings. The smallest absolute Gasteiger partial charge is 0.228 e. The van der Waals surface area contributed by atoms with E-state index in [-0.39, 0.29) is 12.3 Å². The predicted octanol–water partition coefficient (Wildman–Crippen LogP) is 4.14. The van der Waals surface area contributed by atoms with Gasteiger partial charge in [0.2, 0.25) is 5.91 Å². The molecule has 1 N–H and O–H groups in total. The number of carbonyl (C=O) groups is 1. The van der Waals surface area contributed by atoms with Crippen LogP contribution in [0.1, 0.15) is 16.7 Å². The number of hydrogen-bond acceptors (Lipinski definition) is 3. The molecule has 4 rings (SSSR count). The molecule has 4 nitrogen and oxygen atoms in total. The molecule has 1 aliphatic carbocycles. The third-order valence-corrected chi connectivity index (χ3v) is 4.96. The largest absolute Gasteiger partial charge is 0.493 e. The summed E-state index contributed by atoms with van der Waals surface area (Å²) in [7, 11) is 3.19. The van der Waals surface area contributed by atoms with E-state index in [1.54, 1.807) is 14.2 Å². The molecule has 26 heavy (non-hydrogen) atoms. The Morgan fingerprint density at radius 3 is 2.50 bits per heavy atom. The molecule has 0 unspecified atom stereocenters. The van der Waals surface area contributed by atoms with Gasteiger partial charge < -0.3 is 14.8 Å². The maximum atomic E-state index is 12.6. The zero-order chi connectivity index (χ0) is 18.1. The number of ether oxygens (including phenoxy) is 2. The lowest BCUT2D eigenvalue weighted by Crippen LogP contribution is -2.14. The van der Waals surface area contributed by atoms with E-state index in [1.165, 1.54) is 16.5 Å². The minimum atomic E-state index is -0.0454. The van der Waals surface area contributed by atoms with Crippen molar-refractivity contribution >= 4 is 22.4 Å². The summed E-state index contributed by atoms with van der Waals surface area (Å²) in [5, 5.41) is 5.50. The van der Waals surface area contributed by atoms with Gasteiger partial charge in [-0.05, 0) is 53.1 Å². The Bertz CT molecular complexity index is 984. The van der Waals surface area contributed by atoms with Gasteiger partial charge in [0.05, 0.1) is 20.6 Å². The van der Waals surface area contributed by atoms with Crippen LogP contribution in [-0.2, 0) is 24.1 Å². The van der Waals surface area contributed by atoms with Crippen LogP contribution in [-0.4, -0.2) is 20.1 Å². The minimum absolute atomic E-state index is 0.0454. The van der Waals surface area contributed by atoms with Gasteiger partial charge in [-0.3, -0.25) is 4.79 Å². The molecule has 0 radical (unpaired) electrons. The van der Waals surface area contributed by atoms with Crippen molar-refractivity contribution in [2.24, 2.45) is 0 Å². The summed E-state index contributed by atoms with van der Waals surface area (Å²) in [6.07, 6.45) is 2.44. The quantitative estimate of drug-likeness (QED) is 0.755. The van der Waals surface area contributed by atoms with Crippen molar-refractivity contribution in [3.63, 3.8) is 0 Å². The van der Waals surface area contributed by atoms with E-state index in [4.69, 9.17) is 9.47 Å². The Labute approximate surface area is 152 Å². The van der Waals surface area contributed by atoms with Crippen molar-refractivity contribution in [1.29, 1.82) is 0 Å². The number of hydrogen-bond donors (Lipinski definition) is 1. The molecule has 3 aromatic rings. The van der Waals surface area contributed by atoms with Gasteiger partial charge >= 0.3 is 0 Å². The molecule has 0 aliphatic heterocycles. The van der Waals surface area contributed by atoms with Crippen molar-refractivity contribution in [2.75, 3.05) is 19.5 Å². The predicted molar refractivity (Wildman–Crippen MR) is 103 cm³/mol. The monoisotopic (exact) mass is 347 g/mol. The van der Waals surface area contributed by atoms with Gasteiger partial charge in [0.25, 0.3) is 0 Å². The normalized spacial score (nSPS) is 12.2. The summed E-state index contributed by atoms with van der Waals surface area (Å²) < 4.78 is 10.6. The zero-order valence-corrected chi connectivity index (χ0v) is 15.0. The summed E-state index contributed by atoms with van der Waals surface area (Å²) >= 11 is 0. The van der Waals surface area contributed by atoms with Gasteiger partial charge in [-0.1, -0.05) is 30.3 Å². The molecule has 0 fully saturated rings. The number of carbonyl (C=O) groups excluding carboxylic acids is 1. The van der Waals surface area contributed by atoms with Crippen LogP contribution in [0.2, 0.25) is 0 Å². The average molecular weight is 347 g/mol. The zero-order valence-electron chi connectivity index (χ0n) is 15.0. The lowest BCUT2D eigenvalue weighted by atomic mass is 10.0. The molecule has 132 valence electrons. The first-order valence-corrected chi connectivity index (χ1v) is 8.74. The van der Waals surface area contributed by atoms with Gasteiger partial charge in [-0.25, -0.2) is 0 Å². The first-order chi connectivity index (χ1) is 12.7. The molecule has 0 saturated carbocycles. The number of amides is 1. The molecular weight excluding hydrogens is 326 g/mol. The first kappa shape index (κ1) is 16.5. The van der Waals surface area contributed by atoms with Crippen molar-refractivity contribution < 1.29 is 14.3 Å². The lowest BCUT2D eigenvalue weighted by molar-refractivity contribution is -0.115. The second-order valence-corrected chi connectivity index (χ2v) is 6.53. The van der Waals surface area contributed by atoms with Crippen LogP contribution in [0.25, 0.3) is 10.8 Å². The van der Waals surface area contributed by atoms with E-state index in [1.807, 2.05) is 24.3 Å². The first-order valence-electron chi connectivity index (χ1n) is 8.74. The SMILES string of the molecule is COc1ccc(CC(=O)Nc2ccc3c4c(cccc24)CC3)cc1OC. The summed E-state index contributed by atoms with van der Waals surface area (Å²) in [5.41, 5.74) is 4.49. The summed E-state index contributed by atoms with van der Waals surface area (Å²) in [6.45, 7) is 0. The van der Waals surface area contributed by atoms with Crippen LogP contribution in [0.4, 0.5) is 5.69 Å². The van der Waals surface area contributed by atoms with E-state index in [0.717, 1.165) is 29.5 Å². The summed E-state index contributed by atoms with van der Waals surface area (Å²) in [4.78, 5) is 12.6. The van der Waals surface area contributed by atoms with Gasteiger partial charge in [0.15, 0.2) is 11.5 Å². The molecule has 0 heterocycles. The lowest BCUT2D eigenvalue weighted by Gasteiger charge is -2.12. The Morgan fingerprint density at radius 2 is 1.73 bits per heavy atom. The molecule has 0 atom stereocenters. The van der Waals surface area contributed by atoms with Crippen molar-refractivity contribution in [1.82, 2.24) is 0 Å². The Morgan fingerprint density at radius 1 is 0.962 bits per heavy atom. The highest BCUT2D eigenvalue weighted by Crippen LogP contribution is 2.35. The standard InChI is InChI=1S/C22H21NO3/c1-25-19-11-6-14(12-20(19)26-2)13-21(24)23-18-10-9-16-8-7-15-4-3-5-17(18)22(15)16/h3-6,9-12H,7-8,13H2,1-2H3,(H,23,24). The third-order valence-electron chi connectivity index (χ3n) is 4.96. The summed E-state index contributed by atoms with van der Waals surface area (Å²) in [5.74, 6) is 1.24. The minimum Gasteiger partial charge on any atom is -0.493 e. The molecule has 0 spiro atoms. The van der Waals surface area contributed by atoms with Crippen molar-refractivity contribution in [3.8, 4) is 11.5 Å². The Hall–Kier alpha value is -3.01. The summed E-state index contributed by atoms with van der Waals surface area (Å²) in [6, 6.07) is 16.0. The number of aryl methyl sites for hydroxylation is 2. The number of rotatable bonds is 5. The van der Waals surface area contributed by atoms with Crippen LogP contribution >= 0.6 is 0 Å². The van der Waals surface area contributed by atoms with Crippen molar-refractivity contribution in [3.05, 3.63) is 65.2 Å². The topological polar surface area (TPSA) is 47.6 Å². The molecule has 0 aromatic heterocycles. The highest BCUT2D eigenvalue weighted by molar-refractivity contribution is 6.05. The van der Waals surface area contributed by atoms with Gasteiger partial charge in [0.1, 0.15) is 0 Å². The second kappa shape index (κ2) is 6.71. The number of benzene rings is 3. The van der Waals surface area contributed by atoms with E-state index < -0.39 is 0 Å². The van der Waals surface area contributed by atoms with E-state index in [0.29, 0.717) is 11.5 Å². The van der Waals surface area contributed by atoms with Crippen LogP contribution in [0.15, 0.2) is 48.5 Å². The average Bonchev–Trinajstić information content (AvgIpc) is 3.08. The van der Waals surface area contributed by atoms with Crippen LogP contribution < -0.4 is 14.8 Å². The van der Waals surface area contributed by atoms with Gasteiger partial charge in [-0.2, -0.15) is 0 Å². The highest BCUT2D eigenvalue weighted by atomic mass is 16.5. The van der Waals surface area contributed by atoms with Crippen LogP contribution in [0.5, 0.6) is 11.5 Å². The highest BCUT2D eigenvalue weighted by Gasteiger charge is 2.17. The number of anilines is 1. The van der Waals surface area contributed by atoms with Gasteiger partial charge in [-0.15, -0.1) is 0 Å². The fourth-order valence-corrected chi connectivity index (χ4v) is 3.73. The van der Waals surface area contributed by atoms with E-state index in [2.05, 4.69) is 29.6 Å². The van der Waals surface area contributed by atoms with Crippen LogP contribution in [0.3, 0.4) is 0 Å². The maximum Gasteiger partial charge on any atom is 0.228 e. The molecule has 0 bridgehead atoms. The van der Waals surface area contributed by atoms with Gasteiger partial charge in [0, 0.05) is 11.1 Å². The molecule has 3 aromatic carbocycles. The molecule has 0 saturated heterocycles. The molecule has 1 amide bonds. The number of nitrogens with one attached hydrogen (secondary N) is 1. The number of methoxy groups -OCH3 is 2. The molecular formula is C22H21NO3. The Kier molecular flexibility index (Phi) is 4.25. The third kappa shape index (κ3) is 2.88. The Balaban J connectivity index is 1.57. The second-order valence-electron chi connectivity index (χ2n) is 6.53.